The summed E-state index contributed by atoms with van der Waals surface area (Å²) in [6.45, 7) is 0.244. The van der Waals surface area contributed by atoms with Crippen molar-refractivity contribution in [1.82, 2.24) is 9.80 Å². The summed E-state index contributed by atoms with van der Waals surface area (Å²) in [6.07, 6.45) is 7.54. The first-order chi connectivity index (χ1) is 11.6. The van der Waals surface area contributed by atoms with Gasteiger partial charge in [-0.1, -0.05) is 25.3 Å². The molecule has 1 aromatic rings. The molecule has 6 heteroatoms. The monoisotopic (exact) mass is 344 g/mol. The molecule has 0 bridgehead atoms. The Balaban J connectivity index is 1.63. The van der Waals surface area contributed by atoms with Gasteiger partial charge in [-0.05, 0) is 48.8 Å². The Morgan fingerprint density at radius 1 is 1.17 bits per heavy atom. The lowest BCUT2D eigenvalue weighted by Crippen LogP contribution is -2.41. The Kier molecular flexibility index (Phi) is 3.92. The van der Waals surface area contributed by atoms with Gasteiger partial charge in [-0.3, -0.25) is 9.69 Å². The number of nitrogens with zero attached hydrogens (tertiary/aromatic N) is 2. The van der Waals surface area contributed by atoms with E-state index in [9.17, 15) is 4.79 Å². The molecule has 1 aromatic carbocycles. The number of ether oxygens (including phenoxy) is 2. The van der Waals surface area contributed by atoms with Crippen LogP contribution in [-0.4, -0.2) is 40.7 Å². The van der Waals surface area contributed by atoms with E-state index in [2.05, 4.69) is 0 Å². The second kappa shape index (κ2) is 6.09. The highest BCUT2D eigenvalue weighted by molar-refractivity contribution is 7.80. The van der Waals surface area contributed by atoms with Crippen LogP contribution in [0.5, 0.6) is 11.5 Å². The van der Waals surface area contributed by atoms with Crippen molar-refractivity contribution in [3.8, 4) is 11.5 Å². The summed E-state index contributed by atoms with van der Waals surface area (Å²) in [4.78, 5) is 16.6. The number of hydrogen-bond acceptors (Lipinski definition) is 4. The van der Waals surface area contributed by atoms with Crippen LogP contribution in [0, 0.1) is 0 Å². The minimum atomic E-state index is 0.00654. The molecule has 3 aliphatic rings. The maximum atomic E-state index is 12.9. The van der Waals surface area contributed by atoms with Crippen LogP contribution in [0.2, 0.25) is 0 Å². The molecule has 1 saturated heterocycles. The van der Waals surface area contributed by atoms with Gasteiger partial charge in [-0.2, -0.15) is 0 Å². The summed E-state index contributed by atoms with van der Waals surface area (Å²) < 4.78 is 10.7. The summed E-state index contributed by atoms with van der Waals surface area (Å²) >= 11 is 5.54. The highest BCUT2D eigenvalue weighted by Crippen LogP contribution is 2.35. The van der Waals surface area contributed by atoms with Crippen molar-refractivity contribution in [2.24, 2.45) is 0 Å². The minimum Gasteiger partial charge on any atom is -0.454 e. The molecule has 4 rings (SSSR count). The van der Waals surface area contributed by atoms with Gasteiger partial charge in [0.1, 0.15) is 5.70 Å². The number of rotatable bonds is 2. The zero-order chi connectivity index (χ0) is 16.7. The Morgan fingerprint density at radius 3 is 2.71 bits per heavy atom. The molecule has 126 valence electrons. The average molecular weight is 344 g/mol. The third kappa shape index (κ3) is 2.55. The van der Waals surface area contributed by atoms with Gasteiger partial charge in [0.15, 0.2) is 16.6 Å². The maximum absolute atomic E-state index is 12.9. The van der Waals surface area contributed by atoms with Crippen molar-refractivity contribution in [2.45, 2.75) is 38.1 Å². The molecule has 0 N–H and O–H groups in total. The first kappa shape index (κ1) is 15.4. The Hall–Kier alpha value is -2.08. The molecule has 1 aliphatic carbocycles. The topological polar surface area (TPSA) is 42.0 Å². The molecule has 24 heavy (non-hydrogen) atoms. The zero-order valence-electron chi connectivity index (χ0n) is 13.7. The lowest BCUT2D eigenvalue weighted by molar-refractivity contribution is -0.124. The first-order valence-corrected chi connectivity index (χ1v) is 8.78. The van der Waals surface area contributed by atoms with E-state index in [4.69, 9.17) is 21.7 Å². The Morgan fingerprint density at radius 2 is 1.92 bits per heavy atom. The highest BCUT2D eigenvalue weighted by atomic mass is 32.1. The van der Waals surface area contributed by atoms with Gasteiger partial charge < -0.3 is 14.4 Å². The van der Waals surface area contributed by atoms with Crippen LogP contribution in [-0.2, 0) is 4.79 Å². The quantitative estimate of drug-likeness (QED) is 0.609. The second-order valence-corrected chi connectivity index (χ2v) is 6.82. The van der Waals surface area contributed by atoms with Gasteiger partial charge in [0.05, 0.1) is 0 Å². The fraction of sp³-hybridized carbons (Fsp3) is 0.444. The largest absolute Gasteiger partial charge is 0.454 e. The third-order valence-electron chi connectivity index (χ3n) is 4.93. The van der Waals surface area contributed by atoms with Crippen molar-refractivity contribution in [3.05, 3.63) is 29.5 Å². The molecule has 0 unspecified atom stereocenters. The van der Waals surface area contributed by atoms with Crippen LogP contribution in [0.25, 0.3) is 6.08 Å². The van der Waals surface area contributed by atoms with Crippen LogP contribution in [0.4, 0.5) is 0 Å². The summed E-state index contributed by atoms with van der Waals surface area (Å²) in [6, 6.07) is 5.92. The van der Waals surface area contributed by atoms with Crippen molar-refractivity contribution < 1.29 is 14.3 Å². The first-order valence-electron chi connectivity index (χ1n) is 8.38. The maximum Gasteiger partial charge on any atom is 0.277 e. The SMILES string of the molecule is CN1C(=S)N(C2CCCCC2)C(=O)/C1=C\c1ccc2c(c1)OCO2. The summed E-state index contributed by atoms with van der Waals surface area (Å²) in [5.74, 6) is 1.46. The molecule has 0 spiro atoms. The second-order valence-electron chi connectivity index (χ2n) is 6.45. The van der Waals surface area contributed by atoms with E-state index in [0.29, 0.717) is 16.6 Å². The predicted octanol–water partition coefficient (Wildman–Crippen LogP) is 3.15. The average Bonchev–Trinajstić information content (AvgIpc) is 3.14. The Bertz CT molecular complexity index is 725. The predicted molar refractivity (Wildman–Crippen MR) is 94.6 cm³/mol. The molecule has 0 atom stereocenters. The Labute approximate surface area is 146 Å². The van der Waals surface area contributed by atoms with Crippen molar-refractivity contribution in [2.75, 3.05) is 13.8 Å². The lowest BCUT2D eigenvalue weighted by atomic mass is 9.94. The van der Waals surface area contributed by atoms with E-state index in [1.165, 1.54) is 19.3 Å². The summed E-state index contributed by atoms with van der Waals surface area (Å²) in [7, 11) is 1.86. The molecule has 1 amide bonds. The number of carbonyl (C=O) groups is 1. The van der Waals surface area contributed by atoms with E-state index < -0.39 is 0 Å². The van der Waals surface area contributed by atoms with Gasteiger partial charge in [0.2, 0.25) is 6.79 Å². The van der Waals surface area contributed by atoms with E-state index in [0.717, 1.165) is 24.2 Å². The van der Waals surface area contributed by atoms with Gasteiger partial charge in [0.25, 0.3) is 5.91 Å². The fourth-order valence-corrected chi connectivity index (χ4v) is 3.93. The molecular weight excluding hydrogens is 324 g/mol. The van der Waals surface area contributed by atoms with E-state index >= 15 is 0 Å². The van der Waals surface area contributed by atoms with Gasteiger partial charge in [-0.15, -0.1) is 0 Å². The zero-order valence-corrected chi connectivity index (χ0v) is 14.5. The number of likely N-dealkylation sites (N-methyl/N-ethyl adjacent to an activating group) is 1. The summed E-state index contributed by atoms with van der Waals surface area (Å²) in [5, 5.41) is 0.610. The number of hydrogen-bond donors (Lipinski definition) is 0. The van der Waals surface area contributed by atoms with Crippen LogP contribution in [0.1, 0.15) is 37.7 Å². The highest BCUT2D eigenvalue weighted by Gasteiger charge is 2.40. The molecule has 2 heterocycles. The van der Waals surface area contributed by atoms with Crippen molar-refractivity contribution >= 4 is 29.3 Å². The molecule has 0 radical (unpaired) electrons. The molecule has 2 aliphatic heterocycles. The molecular formula is C18H20N2O3S. The minimum absolute atomic E-state index is 0.00654. The van der Waals surface area contributed by atoms with Crippen LogP contribution < -0.4 is 9.47 Å². The van der Waals surface area contributed by atoms with Crippen LogP contribution in [0.3, 0.4) is 0 Å². The van der Waals surface area contributed by atoms with E-state index in [-0.39, 0.29) is 18.7 Å². The number of thiocarbonyl (C=S) groups is 1. The molecule has 1 saturated carbocycles. The summed E-state index contributed by atoms with van der Waals surface area (Å²) in [5.41, 5.74) is 1.52. The van der Waals surface area contributed by atoms with E-state index in [1.807, 2.05) is 41.1 Å². The number of amides is 1. The smallest absolute Gasteiger partial charge is 0.277 e. The number of carbonyl (C=O) groups excluding carboxylic acids is 1. The van der Waals surface area contributed by atoms with Crippen LogP contribution >= 0.6 is 12.2 Å². The number of benzene rings is 1. The number of fused-ring (bicyclic) bond motifs is 1. The van der Waals surface area contributed by atoms with E-state index in [1.54, 1.807) is 0 Å². The molecule has 0 aromatic heterocycles. The van der Waals surface area contributed by atoms with Crippen molar-refractivity contribution in [1.29, 1.82) is 0 Å². The standard InChI is InChI=1S/C18H20N2O3S/c1-19-14(9-12-7-8-15-16(10-12)23-11-22-15)17(21)20(18(19)24)13-5-3-2-4-6-13/h7-10,13H,2-6,11H2,1H3/b14-9+. The van der Waals surface area contributed by atoms with Crippen LogP contribution in [0.15, 0.2) is 23.9 Å². The molecule has 5 nitrogen and oxygen atoms in total. The molecule has 2 fully saturated rings. The van der Waals surface area contributed by atoms with Crippen molar-refractivity contribution in [3.63, 3.8) is 0 Å². The third-order valence-corrected chi connectivity index (χ3v) is 5.40. The fourth-order valence-electron chi connectivity index (χ4n) is 3.60. The van der Waals surface area contributed by atoms with Gasteiger partial charge >= 0.3 is 0 Å². The lowest BCUT2D eigenvalue weighted by Gasteiger charge is -2.30. The van der Waals surface area contributed by atoms with Gasteiger partial charge in [-0.25, -0.2) is 0 Å². The normalized spacial score (nSPS) is 22.8. The van der Waals surface area contributed by atoms with Gasteiger partial charge in [0, 0.05) is 13.1 Å².